The Balaban J connectivity index is 0.000000384. The van der Waals surface area contributed by atoms with E-state index in [1.54, 1.807) is 0 Å². The first-order valence-corrected chi connectivity index (χ1v) is 10.5. The molecule has 0 amide bonds. The first kappa shape index (κ1) is 27.8. The molecule has 0 saturated heterocycles. The Morgan fingerprint density at radius 1 is 0.429 bits per heavy atom. The van der Waals surface area contributed by atoms with Gasteiger partial charge in [-0.05, 0) is 56.3 Å². The van der Waals surface area contributed by atoms with Crippen molar-refractivity contribution in [3.63, 3.8) is 0 Å². The molecule has 0 atom stereocenters. The van der Waals surface area contributed by atoms with Crippen molar-refractivity contribution < 1.29 is 70.5 Å². The van der Waals surface area contributed by atoms with Gasteiger partial charge in [0.1, 0.15) is 0 Å². The Morgan fingerprint density at radius 2 is 0.607 bits per heavy atom. The first-order valence-electron chi connectivity index (χ1n) is 10.5. The topological polar surface area (TPSA) is 120 Å². The van der Waals surface area contributed by atoms with Crippen molar-refractivity contribution in [1.29, 1.82) is 0 Å². The van der Waals surface area contributed by atoms with Crippen molar-refractivity contribution in [2.45, 2.75) is 96.3 Å². The van der Waals surface area contributed by atoms with E-state index in [1.807, 2.05) is 0 Å². The Kier molecular flexibility index (Phi) is 16.4. The van der Waals surface area contributed by atoms with E-state index in [0.717, 1.165) is 77.0 Å². The maximum absolute atomic E-state index is 10.2. The van der Waals surface area contributed by atoms with Crippen LogP contribution in [0, 0.1) is 58.6 Å². The summed E-state index contributed by atoms with van der Waals surface area (Å²) in [5, 5.41) is 30.7. The van der Waals surface area contributed by atoms with Gasteiger partial charge in [-0.3, -0.25) is 0 Å². The molecule has 0 unspecified atom stereocenters. The predicted molar refractivity (Wildman–Crippen MR) is 94.7 cm³/mol. The third-order valence-corrected chi connectivity index (χ3v) is 5.82. The van der Waals surface area contributed by atoms with Gasteiger partial charge in [0.15, 0.2) is 0 Å². The third kappa shape index (κ3) is 12.4. The molecule has 3 fully saturated rings. The van der Waals surface area contributed by atoms with Crippen LogP contribution in [0.3, 0.4) is 0 Å². The summed E-state index contributed by atoms with van der Waals surface area (Å²) in [6.45, 7) is 0. The van der Waals surface area contributed by atoms with Gasteiger partial charge in [-0.25, -0.2) is 0 Å². The summed E-state index contributed by atoms with van der Waals surface area (Å²) in [5.74, 6) is -2.98. The minimum atomic E-state index is -0.852. The maximum Gasteiger partial charge on any atom is 3.00 e. The molecule has 0 aliphatic heterocycles. The predicted octanol–water partition coefficient (Wildman–Crippen LogP) is 0.950. The second kappa shape index (κ2) is 16.5. The Hall–Kier alpha value is -0.239. The minimum absolute atomic E-state index is 0. The van der Waals surface area contributed by atoms with Crippen molar-refractivity contribution in [3.05, 3.63) is 0 Å². The van der Waals surface area contributed by atoms with Crippen LogP contribution in [0.1, 0.15) is 96.3 Å². The van der Waals surface area contributed by atoms with Crippen molar-refractivity contribution in [1.82, 2.24) is 0 Å². The van der Waals surface area contributed by atoms with E-state index in [4.69, 9.17) is 0 Å². The minimum Gasteiger partial charge on any atom is -0.550 e. The van der Waals surface area contributed by atoms with E-state index in [2.05, 4.69) is 0 Å². The average molecular weight is 526 g/mol. The molecule has 7 heteroatoms. The third-order valence-electron chi connectivity index (χ3n) is 5.82. The zero-order valence-electron chi connectivity index (χ0n) is 16.8. The molecule has 1 radical (unpaired) electrons. The van der Waals surface area contributed by atoms with Crippen LogP contribution in [0.5, 0.6) is 0 Å². The molecule has 3 rings (SSSR count). The number of carboxylic acids is 3. The molecule has 28 heavy (non-hydrogen) atoms. The molecular weight excluding hydrogens is 492 g/mol. The molecule has 0 N–H and O–H groups in total. The normalized spacial score (nSPS) is 21.0. The van der Waals surface area contributed by atoms with Gasteiger partial charge in [0.25, 0.3) is 0 Å². The number of hydrogen-bond acceptors (Lipinski definition) is 6. The van der Waals surface area contributed by atoms with Gasteiger partial charge in [-0.1, -0.05) is 57.8 Å². The summed E-state index contributed by atoms with van der Waals surface area (Å²) in [5.41, 5.74) is 0. The number of hydrogen-bond donors (Lipinski definition) is 0. The summed E-state index contributed by atoms with van der Waals surface area (Å²) in [6.07, 6.45) is 15.0. The van der Waals surface area contributed by atoms with E-state index >= 15 is 0 Å². The zero-order valence-corrected chi connectivity index (χ0v) is 20.0. The van der Waals surface area contributed by atoms with Crippen molar-refractivity contribution in [3.8, 4) is 0 Å². The molecule has 0 aromatic rings. The number of aliphatic carboxylic acids is 3. The molecule has 0 heterocycles. The fraction of sp³-hybridized carbons (Fsp3) is 0.857. The summed E-state index contributed by atoms with van der Waals surface area (Å²) < 4.78 is 0. The summed E-state index contributed by atoms with van der Waals surface area (Å²) in [6, 6.07) is 0. The molecule has 157 valence electrons. The van der Waals surface area contributed by atoms with Gasteiger partial charge in [-0.15, -0.1) is 0 Å². The Morgan fingerprint density at radius 3 is 0.714 bits per heavy atom. The van der Waals surface area contributed by atoms with E-state index in [1.165, 1.54) is 19.3 Å². The second-order valence-corrected chi connectivity index (χ2v) is 7.96. The summed E-state index contributed by atoms with van der Waals surface area (Å²) >= 11 is 0. The van der Waals surface area contributed by atoms with Crippen molar-refractivity contribution >= 4 is 17.9 Å². The van der Waals surface area contributed by atoms with Gasteiger partial charge in [-0.2, -0.15) is 0 Å². The molecule has 6 nitrogen and oxygen atoms in total. The Labute approximate surface area is 201 Å². The van der Waals surface area contributed by atoms with Gasteiger partial charge >= 0.3 is 40.8 Å². The largest absolute Gasteiger partial charge is 3.00 e. The Bertz CT molecular complexity index is 383. The molecule has 3 aliphatic carbocycles. The molecule has 3 saturated carbocycles. The van der Waals surface area contributed by atoms with E-state index in [0.29, 0.717) is 0 Å². The van der Waals surface area contributed by atoms with Crippen molar-refractivity contribution in [2.24, 2.45) is 17.8 Å². The quantitative estimate of drug-likeness (QED) is 0.541. The monoisotopic (exact) mass is 523 g/mol. The van der Waals surface area contributed by atoms with Crippen LogP contribution in [0.15, 0.2) is 0 Å². The number of carboxylic acid groups (broad SMARTS) is 3. The van der Waals surface area contributed by atoms with Crippen LogP contribution in [0.25, 0.3) is 0 Å². The maximum atomic E-state index is 10.2. The molecule has 0 aromatic carbocycles. The van der Waals surface area contributed by atoms with Crippen LogP contribution in [-0.2, 0) is 14.4 Å². The van der Waals surface area contributed by atoms with Crippen LogP contribution >= 0.6 is 0 Å². The number of carbonyl (C=O) groups is 3. The van der Waals surface area contributed by atoms with E-state index < -0.39 is 17.9 Å². The molecule has 0 bridgehead atoms. The standard InChI is InChI=1S/3C7H12O2.Nd/c3*8-7(9)6-4-2-1-3-5-6;/h3*6H,1-5H2,(H,8,9);/q;;;+3/p-3. The van der Waals surface area contributed by atoms with Crippen molar-refractivity contribution in [2.75, 3.05) is 0 Å². The smallest absolute Gasteiger partial charge is 0.550 e. The molecule has 0 spiro atoms. The van der Waals surface area contributed by atoms with Gasteiger partial charge < -0.3 is 29.7 Å². The number of rotatable bonds is 3. The fourth-order valence-electron chi connectivity index (χ4n) is 4.01. The van der Waals surface area contributed by atoms with Crippen LogP contribution in [-0.4, -0.2) is 17.9 Å². The zero-order chi connectivity index (χ0) is 20.1. The number of carbonyl (C=O) groups excluding carboxylic acids is 3. The molecular formula is C21H33NdO6. The SMILES string of the molecule is O=C([O-])C1CCCCC1.O=C([O-])C1CCCCC1.O=C([O-])C1CCCCC1.[Nd+3]. The molecule has 0 aromatic heterocycles. The van der Waals surface area contributed by atoms with Crippen LogP contribution in [0.2, 0.25) is 0 Å². The fourth-order valence-corrected chi connectivity index (χ4v) is 4.01. The average Bonchev–Trinajstić information content (AvgIpc) is 2.71. The van der Waals surface area contributed by atoms with Gasteiger partial charge in [0, 0.05) is 17.9 Å². The first-order chi connectivity index (χ1) is 12.9. The van der Waals surface area contributed by atoms with E-state index in [9.17, 15) is 29.7 Å². The van der Waals surface area contributed by atoms with E-state index in [-0.39, 0.29) is 58.6 Å². The summed E-state index contributed by atoms with van der Waals surface area (Å²) in [4.78, 5) is 30.7. The summed E-state index contributed by atoms with van der Waals surface area (Å²) in [7, 11) is 0. The van der Waals surface area contributed by atoms with Gasteiger partial charge in [0.2, 0.25) is 0 Å². The van der Waals surface area contributed by atoms with Gasteiger partial charge in [0.05, 0.1) is 0 Å². The van der Waals surface area contributed by atoms with Crippen LogP contribution < -0.4 is 15.3 Å². The second-order valence-electron chi connectivity index (χ2n) is 7.96. The molecule has 3 aliphatic rings. The van der Waals surface area contributed by atoms with Crippen LogP contribution in [0.4, 0.5) is 0 Å².